The van der Waals surface area contributed by atoms with Crippen molar-refractivity contribution in [3.05, 3.63) is 0 Å². The first-order chi connectivity index (χ1) is 6.49. The van der Waals surface area contributed by atoms with E-state index in [4.69, 9.17) is 14.2 Å². The van der Waals surface area contributed by atoms with Crippen molar-refractivity contribution in [2.24, 2.45) is 5.92 Å². The molecule has 0 aliphatic carbocycles. The van der Waals surface area contributed by atoms with E-state index in [9.17, 15) is 5.11 Å². The number of hydrogen-bond acceptors (Lipinski definition) is 4. The molecule has 4 unspecified atom stereocenters. The molecule has 2 rings (SSSR count). The van der Waals surface area contributed by atoms with Crippen molar-refractivity contribution in [2.45, 2.75) is 44.9 Å². The minimum Gasteiger partial charge on any atom is -0.388 e. The van der Waals surface area contributed by atoms with Crippen molar-refractivity contribution in [3.63, 3.8) is 0 Å². The van der Waals surface area contributed by atoms with E-state index >= 15 is 0 Å². The summed E-state index contributed by atoms with van der Waals surface area (Å²) < 4.78 is 16.7. The molecule has 14 heavy (non-hydrogen) atoms. The molecule has 2 fully saturated rings. The molecule has 0 aromatic carbocycles. The van der Waals surface area contributed by atoms with E-state index < -0.39 is 11.9 Å². The Kier molecular flexibility index (Phi) is 2.55. The van der Waals surface area contributed by atoms with Gasteiger partial charge in [-0.15, -0.1) is 0 Å². The molecule has 82 valence electrons. The van der Waals surface area contributed by atoms with E-state index in [1.807, 2.05) is 13.8 Å². The molecule has 2 aliphatic rings. The highest BCUT2D eigenvalue weighted by Crippen LogP contribution is 2.35. The predicted octanol–water partition coefficient (Wildman–Crippen LogP) is 0.534. The SMILES string of the molecule is CC1COCC(O)C2OC(C)(C)OC12. The van der Waals surface area contributed by atoms with Gasteiger partial charge in [-0.2, -0.15) is 0 Å². The van der Waals surface area contributed by atoms with Crippen LogP contribution in [-0.4, -0.2) is 42.4 Å². The highest BCUT2D eigenvalue weighted by molar-refractivity contribution is 4.91. The van der Waals surface area contributed by atoms with E-state index in [2.05, 4.69) is 6.92 Å². The van der Waals surface area contributed by atoms with Gasteiger partial charge in [0.1, 0.15) is 12.2 Å². The molecule has 2 aliphatic heterocycles. The maximum Gasteiger partial charge on any atom is 0.163 e. The highest BCUT2D eigenvalue weighted by atomic mass is 16.8. The van der Waals surface area contributed by atoms with Crippen LogP contribution in [0.2, 0.25) is 0 Å². The van der Waals surface area contributed by atoms with E-state index in [1.54, 1.807) is 0 Å². The number of hydrogen-bond donors (Lipinski definition) is 1. The fourth-order valence-corrected chi connectivity index (χ4v) is 2.12. The van der Waals surface area contributed by atoms with Crippen LogP contribution >= 0.6 is 0 Å². The molecule has 4 heteroatoms. The summed E-state index contributed by atoms with van der Waals surface area (Å²) in [4.78, 5) is 0. The molecule has 2 heterocycles. The topological polar surface area (TPSA) is 47.9 Å². The van der Waals surface area contributed by atoms with Gasteiger partial charge < -0.3 is 19.3 Å². The second kappa shape index (κ2) is 3.45. The van der Waals surface area contributed by atoms with E-state index in [0.717, 1.165) is 0 Å². The first kappa shape index (κ1) is 10.4. The quantitative estimate of drug-likeness (QED) is 0.622. The Bertz CT molecular complexity index is 196. The van der Waals surface area contributed by atoms with Gasteiger partial charge >= 0.3 is 0 Å². The van der Waals surface area contributed by atoms with Gasteiger partial charge in [0.15, 0.2) is 5.79 Å². The van der Waals surface area contributed by atoms with Crippen LogP contribution in [0.1, 0.15) is 20.8 Å². The van der Waals surface area contributed by atoms with Crippen LogP contribution in [0.25, 0.3) is 0 Å². The van der Waals surface area contributed by atoms with E-state index in [-0.39, 0.29) is 18.1 Å². The van der Waals surface area contributed by atoms with E-state index in [0.29, 0.717) is 13.2 Å². The van der Waals surface area contributed by atoms with Gasteiger partial charge in [0, 0.05) is 5.92 Å². The molecule has 1 N–H and O–H groups in total. The third-order valence-electron chi connectivity index (χ3n) is 2.77. The molecule has 0 bridgehead atoms. The number of fused-ring (bicyclic) bond motifs is 1. The first-order valence-corrected chi connectivity index (χ1v) is 5.11. The Morgan fingerprint density at radius 3 is 2.50 bits per heavy atom. The lowest BCUT2D eigenvalue weighted by Crippen LogP contribution is -2.38. The molecular weight excluding hydrogens is 184 g/mol. The Balaban J connectivity index is 2.16. The van der Waals surface area contributed by atoms with Crippen molar-refractivity contribution in [1.29, 1.82) is 0 Å². The van der Waals surface area contributed by atoms with Crippen LogP contribution in [0.3, 0.4) is 0 Å². The minimum absolute atomic E-state index is 0.0532. The summed E-state index contributed by atoms with van der Waals surface area (Å²) in [7, 11) is 0. The summed E-state index contributed by atoms with van der Waals surface area (Å²) in [6.45, 7) is 6.77. The second-order valence-corrected chi connectivity index (χ2v) is 4.65. The largest absolute Gasteiger partial charge is 0.388 e. The normalized spacial score (nSPS) is 47.1. The number of ether oxygens (including phenoxy) is 3. The molecule has 4 nitrogen and oxygen atoms in total. The van der Waals surface area contributed by atoms with Crippen molar-refractivity contribution >= 4 is 0 Å². The molecule has 0 spiro atoms. The lowest BCUT2D eigenvalue weighted by molar-refractivity contribution is -0.166. The van der Waals surface area contributed by atoms with Crippen LogP contribution in [-0.2, 0) is 14.2 Å². The van der Waals surface area contributed by atoms with Gasteiger partial charge in [0.25, 0.3) is 0 Å². The van der Waals surface area contributed by atoms with Crippen LogP contribution in [0.15, 0.2) is 0 Å². The number of aliphatic hydroxyl groups excluding tert-OH is 1. The predicted molar refractivity (Wildman–Crippen MR) is 49.8 cm³/mol. The van der Waals surface area contributed by atoms with Gasteiger partial charge in [-0.25, -0.2) is 0 Å². The third-order valence-corrected chi connectivity index (χ3v) is 2.77. The van der Waals surface area contributed by atoms with Crippen LogP contribution in [0.4, 0.5) is 0 Å². The van der Waals surface area contributed by atoms with Gasteiger partial charge in [-0.05, 0) is 13.8 Å². The molecular formula is C10H18O4. The van der Waals surface area contributed by atoms with Gasteiger partial charge in [0.05, 0.1) is 19.3 Å². The number of aliphatic hydroxyl groups is 1. The Labute approximate surface area is 84.1 Å². The molecule has 2 saturated heterocycles. The minimum atomic E-state index is -0.581. The Hall–Kier alpha value is -0.160. The highest BCUT2D eigenvalue weighted by Gasteiger charge is 2.48. The molecule has 0 aromatic rings. The van der Waals surface area contributed by atoms with Crippen LogP contribution < -0.4 is 0 Å². The summed E-state index contributed by atoms with van der Waals surface area (Å²) in [5.41, 5.74) is 0. The van der Waals surface area contributed by atoms with Crippen molar-refractivity contribution in [3.8, 4) is 0 Å². The standard InChI is InChI=1S/C10H18O4/c1-6-4-12-5-7(11)9-8(6)13-10(2,3)14-9/h6-9,11H,4-5H2,1-3H3. The monoisotopic (exact) mass is 202 g/mol. The molecule has 4 atom stereocenters. The molecule has 0 amide bonds. The third kappa shape index (κ3) is 1.80. The Morgan fingerprint density at radius 2 is 1.79 bits per heavy atom. The van der Waals surface area contributed by atoms with Crippen LogP contribution in [0, 0.1) is 5.92 Å². The summed E-state index contributed by atoms with van der Waals surface area (Å²) in [5.74, 6) is -0.319. The average molecular weight is 202 g/mol. The Morgan fingerprint density at radius 1 is 1.14 bits per heavy atom. The summed E-state index contributed by atoms with van der Waals surface area (Å²) in [5, 5.41) is 9.78. The van der Waals surface area contributed by atoms with Gasteiger partial charge in [-0.1, -0.05) is 6.92 Å². The maximum atomic E-state index is 9.78. The van der Waals surface area contributed by atoms with E-state index in [1.165, 1.54) is 0 Å². The zero-order valence-corrected chi connectivity index (χ0v) is 8.90. The smallest absolute Gasteiger partial charge is 0.163 e. The fourth-order valence-electron chi connectivity index (χ4n) is 2.12. The maximum absolute atomic E-state index is 9.78. The molecule has 0 radical (unpaired) electrons. The van der Waals surface area contributed by atoms with Gasteiger partial charge in [0.2, 0.25) is 0 Å². The van der Waals surface area contributed by atoms with Crippen molar-refractivity contribution in [1.82, 2.24) is 0 Å². The zero-order chi connectivity index (χ0) is 10.3. The summed E-state index contributed by atoms with van der Waals surface area (Å²) >= 11 is 0. The lowest BCUT2D eigenvalue weighted by atomic mass is 9.99. The van der Waals surface area contributed by atoms with Crippen molar-refractivity contribution < 1.29 is 19.3 Å². The second-order valence-electron chi connectivity index (χ2n) is 4.65. The summed E-state index contributed by atoms with van der Waals surface area (Å²) in [6, 6.07) is 0. The number of rotatable bonds is 0. The lowest BCUT2D eigenvalue weighted by Gasteiger charge is -2.20. The van der Waals surface area contributed by atoms with Gasteiger partial charge in [-0.3, -0.25) is 0 Å². The fraction of sp³-hybridized carbons (Fsp3) is 1.00. The van der Waals surface area contributed by atoms with Crippen LogP contribution in [0.5, 0.6) is 0 Å². The first-order valence-electron chi connectivity index (χ1n) is 5.11. The summed E-state index contributed by atoms with van der Waals surface area (Å²) in [6.07, 6.45) is -0.878. The zero-order valence-electron chi connectivity index (χ0n) is 8.90. The molecule has 0 aromatic heterocycles. The molecule has 0 saturated carbocycles. The van der Waals surface area contributed by atoms with Crippen molar-refractivity contribution in [2.75, 3.05) is 13.2 Å². The average Bonchev–Trinajstić information content (AvgIpc) is 2.35.